The molecule has 0 aromatic carbocycles. The Hall–Kier alpha value is 4.33. The van der Waals surface area contributed by atoms with Gasteiger partial charge >= 0.3 is 138 Å². The molecule has 38 valence electrons. The average Bonchev–Trinajstić information content (AvgIpc) is 0.811. The molecule has 0 fully saturated rings. The summed E-state index contributed by atoms with van der Waals surface area (Å²) in [7, 11) is -2.17. The van der Waals surface area contributed by atoms with Crippen LogP contribution >= 0.6 is 0 Å². The van der Waals surface area contributed by atoms with Gasteiger partial charge in [-0.25, -0.2) is 0 Å². The zero-order chi connectivity index (χ0) is 3.58. The maximum absolute atomic E-state index is 7.17. The van der Waals surface area contributed by atoms with E-state index in [1.807, 2.05) is 0 Å². The molecular formula is H10AlBBeCsKO3. The minimum Gasteiger partial charge on any atom is -1.00 e. The largest absolute Gasteiger partial charge is 2.00 e. The zero-order valence-electron chi connectivity index (χ0n) is 8.63. The first-order valence-corrected chi connectivity index (χ1v) is 0.775. The molecule has 0 rings (SSSR count). The fourth-order valence-corrected chi connectivity index (χ4v) is 0. The molecule has 0 aromatic heterocycles. The van der Waals surface area contributed by atoms with E-state index in [2.05, 4.69) is 0 Å². The molecule has 0 heterocycles. The van der Waals surface area contributed by atoms with Crippen LogP contribution < -0.4 is 120 Å². The fourth-order valence-electron chi connectivity index (χ4n) is 0. The van der Waals surface area contributed by atoms with E-state index in [1.54, 1.807) is 0 Å². The van der Waals surface area contributed by atoms with Crippen molar-refractivity contribution in [1.82, 2.24) is 0 Å². The third-order valence-electron chi connectivity index (χ3n) is 0. The van der Waals surface area contributed by atoms with Gasteiger partial charge in [0.05, 0.1) is 0 Å². The Labute approximate surface area is 171 Å². The van der Waals surface area contributed by atoms with Gasteiger partial charge in [0.15, 0.2) is 17.4 Å². The summed E-state index contributed by atoms with van der Waals surface area (Å²) >= 11 is 0. The summed E-state index contributed by atoms with van der Waals surface area (Å²) < 4.78 is 0. The van der Waals surface area contributed by atoms with Crippen LogP contribution in [0.4, 0.5) is 0 Å². The molecule has 0 aliphatic heterocycles. The number of hydrogen-bond donors (Lipinski definition) is 3. The maximum atomic E-state index is 7.17. The molecule has 3 N–H and O–H groups in total. The van der Waals surface area contributed by atoms with Crippen molar-refractivity contribution in [3.63, 3.8) is 0 Å². The molecule has 8 heteroatoms. The third kappa shape index (κ3) is 47.9. The average molecular weight is 277 g/mol. The molecule has 0 bridgehead atoms. The van der Waals surface area contributed by atoms with Crippen molar-refractivity contribution in [2.24, 2.45) is 0 Å². The van der Waals surface area contributed by atoms with E-state index in [1.165, 1.54) is 0 Å². The quantitative estimate of drug-likeness (QED) is 0.385. The van der Waals surface area contributed by atoms with Gasteiger partial charge in [-0.15, -0.1) is 0 Å². The van der Waals surface area contributed by atoms with E-state index in [4.69, 9.17) is 15.1 Å². The predicted molar refractivity (Wildman–Crippen MR) is 32.6 cm³/mol. The second-order valence-corrected chi connectivity index (χ2v) is 0.346. The van der Waals surface area contributed by atoms with E-state index >= 15 is 0 Å². The van der Waals surface area contributed by atoms with Crippen LogP contribution in [0.5, 0.6) is 0 Å². The van der Waals surface area contributed by atoms with Gasteiger partial charge < -0.3 is 20.8 Å². The van der Waals surface area contributed by atoms with Crippen molar-refractivity contribution in [2.75, 3.05) is 0 Å². The summed E-state index contributed by atoms with van der Waals surface area (Å²) in [5.74, 6) is 0. The second-order valence-electron chi connectivity index (χ2n) is 0.346. The number of rotatable bonds is 0. The monoisotopic (exact) mass is 277 g/mol. The van der Waals surface area contributed by atoms with Crippen LogP contribution in [0, 0.1) is 0 Å². The van der Waals surface area contributed by atoms with E-state index in [-0.39, 0.29) is 153 Å². The van der Waals surface area contributed by atoms with Crippen LogP contribution in [0.15, 0.2) is 0 Å². The van der Waals surface area contributed by atoms with Crippen molar-refractivity contribution >= 4 is 34.8 Å². The third-order valence-corrected chi connectivity index (χ3v) is 0. The minimum absolute atomic E-state index is 0. The predicted octanol–water partition coefficient (Wildman–Crippen LogP) is -9.16. The summed E-state index contributed by atoms with van der Waals surface area (Å²) in [4.78, 5) is 0. The van der Waals surface area contributed by atoms with Crippen LogP contribution in [0.2, 0.25) is 0 Å². The topological polar surface area (TPSA) is 60.7 Å². The zero-order valence-corrected chi connectivity index (χ0v) is 14.0. The first-order valence-electron chi connectivity index (χ1n) is 0.775. The molecule has 0 aliphatic rings. The molecule has 0 saturated carbocycles. The summed E-state index contributed by atoms with van der Waals surface area (Å²) in [5, 5.41) is 21.5. The van der Waals surface area contributed by atoms with Crippen LogP contribution in [-0.4, -0.2) is 49.9 Å². The van der Waals surface area contributed by atoms with Crippen LogP contribution in [-0.2, 0) is 0 Å². The molecule has 3 nitrogen and oxygen atoms in total. The first-order chi connectivity index (χ1) is 1.73. The molecule has 8 heavy (non-hydrogen) atoms. The van der Waals surface area contributed by atoms with E-state index in [0.29, 0.717) is 0 Å². The van der Waals surface area contributed by atoms with E-state index in [9.17, 15) is 0 Å². The van der Waals surface area contributed by atoms with Gasteiger partial charge in [-0.2, -0.15) is 0 Å². The van der Waals surface area contributed by atoms with Gasteiger partial charge in [0.2, 0.25) is 0 Å². The van der Waals surface area contributed by atoms with Gasteiger partial charge in [0.25, 0.3) is 0 Å². The maximum Gasteiger partial charge on any atom is 2.00 e. The normalized spacial score (nSPS) is 3.38. The molecule has 0 amide bonds. The van der Waals surface area contributed by atoms with Gasteiger partial charge in [0.1, 0.15) is 0 Å². The Bertz CT molecular complexity index is 35.0. The molecule has 0 saturated heterocycles. The summed E-state index contributed by atoms with van der Waals surface area (Å²) in [6.45, 7) is 0. The van der Waals surface area contributed by atoms with Crippen molar-refractivity contribution in [1.29, 1.82) is 0 Å². The van der Waals surface area contributed by atoms with Gasteiger partial charge in [-0.05, 0) is 0 Å². The Balaban J connectivity index is -0.00000000161. The Morgan fingerprint density at radius 1 is 1.12 bits per heavy atom. The number of hydrogen-bond acceptors (Lipinski definition) is 3. The molecule has 0 aromatic rings. The molecule has 0 atom stereocenters. The Morgan fingerprint density at radius 2 is 1.12 bits per heavy atom. The minimum atomic E-state index is -2.17. The molecular weight excluding hydrogens is 267 g/mol. The molecule has 0 aliphatic carbocycles. The fraction of sp³-hybridized carbons (Fsp3) is 0. The SMILES string of the molecule is OB(O)O.[AlH3].[Be+2].[Cs+].[H-].[H-].[H-].[H-].[K+]. The van der Waals surface area contributed by atoms with Gasteiger partial charge in [0, 0.05) is 0 Å². The van der Waals surface area contributed by atoms with Crippen molar-refractivity contribution in [3.8, 4) is 0 Å². The molecule has 0 unspecified atom stereocenters. The summed E-state index contributed by atoms with van der Waals surface area (Å²) in [5.41, 5.74) is 0. The van der Waals surface area contributed by atoms with Crippen molar-refractivity contribution in [3.05, 3.63) is 0 Å². The van der Waals surface area contributed by atoms with E-state index < -0.39 is 7.32 Å². The van der Waals surface area contributed by atoms with Gasteiger partial charge in [-0.3, -0.25) is 0 Å². The van der Waals surface area contributed by atoms with Crippen LogP contribution in [0.3, 0.4) is 0 Å². The van der Waals surface area contributed by atoms with Crippen molar-refractivity contribution < 1.29 is 141 Å². The molecule has 0 radical (unpaired) electrons. The summed E-state index contributed by atoms with van der Waals surface area (Å²) in [6.07, 6.45) is 0. The Kier molecular flexibility index (Phi) is 82.9. The van der Waals surface area contributed by atoms with E-state index in [0.717, 1.165) is 0 Å². The second kappa shape index (κ2) is 22.5. The molecule has 0 spiro atoms. The van der Waals surface area contributed by atoms with Crippen molar-refractivity contribution in [2.45, 2.75) is 0 Å². The van der Waals surface area contributed by atoms with Crippen LogP contribution in [0.25, 0.3) is 0 Å². The smallest absolute Gasteiger partial charge is 1.00 e. The van der Waals surface area contributed by atoms with Gasteiger partial charge in [-0.1, -0.05) is 0 Å². The standard InChI is InChI=1S/Al.BH3O3.Be.Cs.K.7H/c;2-1(3)4;;;;;;;;;;/h;2-4H;;;;;;;;;;/q;;+2;2*+1;;;;4*-1. The first kappa shape index (κ1) is 29.5. The summed E-state index contributed by atoms with van der Waals surface area (Å²) in [6, 6.07) is 0. The van der Waals surface area contributed by atoms with Crippen LogP contribution in [0.1, 0.15) is 5.71 Å². The Morgan fingerprint density at radius 3 is 1.12 bits per heavy atom.